The van der Waals surface area contributed by atoms with E-state index in [9.17, 15) is 4.79 Å². The summed E-state index contributed by atoms with van der Waals surface area (Å²) in [6, 6.07) is 2.13. The van der Waals surface area contributed by atoms with Gasteiger partial charge in [0.2, 0.25) is 0 Å². The van der Waals surface area contributed by atoms with Gasteiger partial charge in [0, 0.05) is 11.6 Å². The van der Waals surface area contributed by atoms with Crippen LogP contribution in [0.2, 0.25) is 0 Å². The molecule has 1 amide bonds. The van der Waals surface area contributed by atoms with Gasteiger partial charge in [-0.2, -0.15) is 0 Å². The molecule has 4 heteroatoms. The number of hydrogen-bond donors (Lipinski definition) is 2. The van der Waals surface area contributed by atoms with Crippen molar-refractivity contribution in [2.75, 3.05) is 6.61 Å². The lowest BCUT2D eigenvalue weighted by molar-refractivity contribution is 0.0908. The summed E-state index contributed by atoms with van der Waals surface area (Å²) in [6.07, 6.45) is 5.88. The van der Waals surface area contributed by atoms with Gasteiger partial charge in [0.05, 0.1) is 0 Å². The van der Waals surface area contributed by atoms with Crippen molar-refractivity contribution in [3.05, 3.63) is 21.9 Å². The Labute approximate surface area is 124 Å². The van der Waals surface area contributed by atoms with E-state index in [2.05, 4.69) is 24.1 Å². The van der Waals surface area contributed by atoms with Crippen LogP contribution in [0.25, 0.3) is 0 Å². The molecule has 1 heterocycles. The molecule has 20 heavy (non-hydrogen) atoms. The molecule has 1 aromatic rings. The third kappa shape index (κ3) is 3.62. The standard InChI is InChI=1S/C16H21NO2S/c1-2-12-6-3-4-8-14(12)17-16(19)15-13(7-5-10-18)9-11-20-15/h9,11-12,14,18H,2-4,6,8,10H2,1H3,(H,17,19). The molecule has 1 saturated carbocycles. The van der Waals surface area contributed by atoms with E-state index in [1.807, 2.05) is 11.4 Å². The normalized spacial score (nSPS) is 21.9. The first-order chi connectivity index (χ1) is 9.76. The van der Waals surface area contributed by atoms with E-state index in [0.717, 1.165) is 12.8 Å². The zero-order valence-corrected chi connectivity index (χ0v) is 12.6. The molecule has 1 aliphatic carbocycles. The van der Waals surface area contributed by atoms with Crippen molar-refractivity contribution < 1.29 is 9.90 Å². The summed E-state index contributed by atoms with van der Waals surface area (Å²) in [6.45, 7) is 2.01. The number of aliphatic hydroxyl groups is 1. The predicted octanol–water partition coefficient (Wildman–Crippen LogP) is 2.79. The molecule has 0 aliphatic heterocycles. The summed E-state index contributed by atoms with van der Waals surface area (Å²) in [4.78, 5) is 13.0. The lowest BCUT2D eigenvalue weighted by Crippen LogP contribution is -2.41. The number of aliphatic hydroxyl groups excluding tert-OH is 1. The van der Waals surface area contributed by atoms with Gasteiger partial charge >= 0.3 is 0 Å². The van der Waals surface area contributed by atoms with Crippen LogP contribution in [0.5, 0.6) is 0 Å². The fraction of sp³-hybridized carbons (Fsp3) is 0.562. The zero-order valence-electron chi connectivity index (χ0n) is 11.8. The quantitative estimate of drug-likeness (QED) is 0.841. The van der Waals surface area contributed by atoms with Crippen molar-refractivity contribution in [1.82, 2.24) is 5.32 Å². The van der Waals surface area contributed by atoms with E-state index in [0.29, 0.717) is 22.4 Å². The fourth-order valence-corrected chi connectivity index (χ4v) is 3.59. The molecule has 1 aromatic heterocycles. The Bertz CT molecular complexity index is 512. The van der Waals surface area contributed by atoms with Crippen LogP contribution in [0.4, 0.5) is 0 Å². The van der Waals surface area contributed by atoms with Gasteiger partial charge in [-0.05, 0) is 30.2 Å². The molecule has 0 bridgehead atoms. The van der Waals surface area contributed by atoms with Gasteiger partial charge < -0.3 is 10.4 Å². The van der Waals surface area contributed by atoms with Crippen LogP contribution in [0.15, 0.2) is 11.4 Å². The summed E-state index contributed by atoms with van der Waals surface area (Å²) in [5.41, 5.74) is 0.713. The van der Waals surface area contributed by atoms with E-state index >= 15 is 0 Å². The summed E-state index contributed by atoms with van der Waals surface area (Å²) >= 11 is 1.41. The van der Waals surface area contributed by atoms with Crippen molar-refractivity contribution in [2.45, 2.75) is 45.1 Å². The summed E-state index contributed by atoms with van der Waals surface area (Å²) in [7, 11) is 0. The monoisotopic (exact) mass is 291 g/mol. The van der Waals surface area contributed by atoms with Crippen molar-refractivity contribution in [3.63, 3.8) is 0 Å². The van der Waals surface area contributed by atoms with Crippen LogP contribution >= 0.6 is 11.3 Å². The van der Waals surface area contributed by atoms with Crippen LogP contribution in [0.1, 0.15) is 54.3 Å². The van der Waals surface area contributed by atoms with Crippen molar-refractivity contribution in [2.24, 2.45) is 5.92 Å². The summed E-state index contributed by atoms with van der Waals surface area (Å²) in [5.74, 6) is 6.01. The fourth-order valence-electron chi connectivity index (χ4n) is 2.84. The highest BCUT2D eigenvalue weighted by Gasteiger charge is 2.26. The van der Waals surface area contributed by atoms with E-state index in [4.69, 9.17) is 5.11 Å². The Balaban J connectivity index is 2.06. The Kier molecular flexibility index (Phi) is 5.63. The van der Waals surface area contributed by atoms with Crippen molar-refractivity contribution >= 4 is 17.2 Å². The van der Waals surface area contributed by atoms with Crippen molar-refractivity contribution in [3.8, 4) is 11.8 Å². The maximum atomic E-state index is 12.4. The average Bonchev–Trinajstić information content (AvgIpc) is 2.94. The molecule has 2 atom stereocenters. The number of carbonyl (C=O) groups is 1. The first-order valence-electron chi connectivity index (χ1n) is 7.24. The van der Waals surface area contributed by atoms with E-state index in [1.54, 1.807) is 0 Å². The van der Waals surface area contributed by atoms with Gasteiger partial charge in [0.25, 0.3) is 5.91 Å². The lowest BCUT2D eigenvalue weighted by atomic mass is 9.83. The molecule has 0 spiro atoms. The summed E-state index contributed by atoms with van der Waals surface area (Å²) < 4.78 is 0. The van der Waals surface area contributed by atoms with E-state index in [-0.39, 0.29) is 12.5 Å². The second-order valence-corrected chi connectivity index (χ2v) is 6.07. The molecule has 0 aromatic carbocycles. The van der Waals surface area contributed by atoms with Gasteiger partial charge in [-0.1, -0.05) is 38.0 Å². The Morgan fingerprint density at radius 2 is 2.30 bits per heavy atom. The Morgan fingerprint density at radius 3 is 3.05 bits per heavy atom. The molecule has 2 unspecified atom stereocenters. The van der Waals surface area contributed by atoms with Gasteiger partial charge in [0.15, 0.2) is 0 Å². The first kappa shape index (κ1) is 15.1. The molecule has 2 rings (SSSR count). The van der Waals surface area contributed by atoms with Gasteiger partial charge in [-0.3, -0.25) is 4.79 Å². The Morgan fingerprint density at radius 1 is 1.50 bits per heavy atom. The highest BCUT2D eigenvalue weighted by Crippen LogP contribution is 2.27. The first-order valence-corrected chi connectivity index (χ1v) is 8.12. The SMILES string of the molecule is CCC1CCCCC1NC(=O)c1sccc1C#CCO. The zero-order chi connectivity index (χ0) is 14.4. The molecular formula is C16H21NO2S. The van der Waals surface area contributed by atoms with Crippen LogP contribution < -0.4 is 5.32 Å². The second kappa shape index (κ2) is 7.47. The van der Waals surface area contributed by atoms with Gasteiger partial charge in [-0.15, -0.1) is 11.3 Å². The van der Waals surface area contributed by atoms with Crippen LogP contribution in [-0.2, 0) is 0 Å². The van der Waals surface area contributed by atoms with E-state index in [1.165, 1.54) is 30.6 Å². The number of carbonyl (C=O) groups excluding carboxylic acids is 1. The number of amides is 1. The smallest absolute Gasteiger partial charge is 0.262 e. The predicted molar refractivity (Wildman–Crippen MR) is 81.8 cm³/mol. The maximum absolute atomic E-state index is 12.4. The minimum atomic E-state index is -0.183. The average molecular weight is 291 g/mol. The van der Waals surface area contributed by atoms with Gasteiger partial charge in [0.1, 0.15) is 11.5 Å². The number of thiophene rings is 1. The van der Waals surface area contributed by atoms with E-state index < -0.39 is 0 Å². The molecule has 3 nitrogen and oxygen atoms in total. The molecule has 0 saturated heterocycles. The minimum absolute atomic E-state index is 0.0208. The van der Waals surface area contributed by atoms with Crippen LogP contribution in [0, 0.1) is 17.8 Å². The third-order valence-corrected chi connectivity index (χ3v) is 4.84. The van der Waals surface area contributed by atoms with Gasteiger partial charge in [-0.25, -0.2) is 0 Å². The molecule has 1 fully saturated rings. The molecular weight excluding hydrogens is 270 g/mol. The third-order valence-electron chi connectivity index (χ3n) is 3.92. The summed E-state index contributed by atoms with van der Waals surface area (Å²) in [5, 5.41) is 13.8. The van der Waals surface area contributed by atoms with Crippen LogP contribution in [-0.4, -0.2) is 23.7 Å². The largest absolute Gasteiger partial charge is 0.384 e. The number of hydrogen-bond acceptors (Lipinski definition) is 3. The maximum Gasteiger partial charge on any atom is 0.262 e. The molecule has 108 valence electrons. The highest BCUT2D eigenvalue weighted by molar-refractivity contribution is 7.12. The number of rotatable bonds is 3. The lowest BCUT2D eigenvalue weighted by Gasteiger charge is -2.31. The second-order valence-electron chi connectivity index (χ2n) is 5.16. The molecule has 2 N–H and O–H groups in total. The minimum Gasteiger partial charge on any atom is -0.384 e. The number of nitrogens with one attached hydrogen (secondary N) is 1. The molecule has 1 aliphatic rings. The topological polar surface area (TPSA) is 49.3 Å². The van der Waals surface area contributed by atoms with Crippen molar-refractivity contribution in [1.29, 1.82) is 0 Å². The van der Waals surface area contributed by atoms with Crippen LogP contribution in [0.3, 0.4) is 0 Å². The Hall–Kier alpha value is -1.31. The molecule has 0 radical (unpaired) electrons. The highest BCUT2D eigenvalue weighted by atomic mass is 32.1.